The molecule has 0 heterocycles. The quantitative estimate of drug-likeness (QED) is 0.783. The third kappa shape index (κ3) is 4.31. The Bertz CT molecular complexity index is 335. The standard InChI is InChI=1S/C15H25NO2/c1-4-15(17)14(9-16)12-5-7-13(8-6-12)18-10-11(2)3/h5-8,11,14-15,17H,4,9-10,16H2,1-3H3. The van der Waals surface area contributed by atoms with Crippen LogP contribution in [0.5, 0.6) is 5.75 Å². The van der Waals surface area contributed by atoms with Gasteiger partial charge in [0.2, 0.25) is 0 Å². The summed E-state index contributed by atoms with van der Waals surface area (Å²) in [5.41, 5.74) is 6.80. The zero-order chi connectivity index (χ0) is 13.5. The number of hydrogen-bond acceptors (Lipinski definition) is 3. The molecule has 0 saturated heterocycles. The molecule has 1 rings (SSSR count). The van der Waals surface area contributed by atoms with Gasteiger partial charge in [0.05, 0.1) is 12.7 Å². The van der Waals surface area contributed by atoms with Gasteiger partial charge in [-0.15, -0.1) is 0 Å². The molecule has 1 aromatic rings. The molecule has 0 bridgehead atoms. The molecule has 2 unspecified atom stereocenters. The van der Waals surface area contributed by atoms with Gasteiger partial charge in [0.1, 0.15) is 5.75 Å². The lowest BCUT2D eigenvalue weighted by molar-refractivity contribution is 0.141. The fraction of sp³-hybridized carbons (Fsp3) is 0.600. The molecule has 0 aliphatic carbocycles. The van der Waals surface area contributed by atoms with Crippen LogP contribution in [0.3, 0.4) is 0 Å². The first-order chi connectivity index (χ1) is 8.58. The minimum absolute atomic E-state index is 0.00847. The second-order valence-electron chi connectivity index (χ2n) is 5.09. The van der Waals surface area contributed by atoms with Gasteiger partial charge in [-0.3, -0.25) is 0 Å². The SMILES string of the molecule is CCC(O)C(CN)c1ccc(OCC(C)C)cc1. The number of ether oxygens (including phenoxy) is 1. The summed E-state index contributed by atoms with van der Waals surface area (Å²) in [7, 11) is 0. The van der Waals surface area contributed by atoms with E-state index in [1.807, 2.05) is 31.2 Å². The molecule has 0 amide bonds. The summed E-state index contributed by atoms with van der Waals surface area (Å²) in [4.78, 5) is 0. The van der Waals surface area contributed by atoms with Crippen LogP contribution in [0.2, 0.25) is 0 Å². The van der Waals surface area contributed by atoms with Crippen LogP contribution in [-0.4, -0.2) is 24.4 Å². The molecule has 102 valence electrons. The summed E-state index contributed by atoms with van der Waals surface area (Å²) in [5, 5.41) is 9.91. The van der Waals surface area contributed by atoms with Gasteiger partial charge < -0.3 is 15.6 Å². The highest BCUT2D eigenvalue weighted by molar-refractivity contribution is 5.30. The summed E-state index contributed by atoms with van der Waals surface area (Å²) in [6.45, 7) is 7.39. The zero-order valence-corrected chi connectivity index (χ0v) is 11.6. The fourth-order valence-electron chi connectivity index (χ4n) is 1.87. The van der Waals surface area contributed by atoms with Crippen molar-refractivity contribution < 1.29 is 9.84 Å². The lowest BCUT2D eigenvalue weighted by Gasteiger charge is -2.21. The lowest BCUT2D eigenvalue weighted by Crippen LogP contribution is -2.25. The van der Waals surface area contributed by atoms with Gasteiger partial charge in [0, 0.05) is 12.5 Å². The minimum Gasteiger partial charge on any atom is -0.493 e. The summed E-state index contributed by atoms with van der Waals surface area (Å²) in [6, 6.07) is 7.88. The van der Waals surface area contributed by atoms with E-state index < -0.39 is 0 Å². The topological polar surface area (TPSA) is 55.5 Å². The Morgan fingerprint density at radius 3 is 2.28 bits per heavy atom. The van der Waals surface area contributed by atoms with E-state index in [2.05, 4.69) is 13.8 Å². The van der Waals surface area contributed by atoms with Crippen molar-refractivity contribution in [2.45, 2.75) is 39.2 Å². The van der Waals surface area contributed by atoms with E-state index in [4.69, 9.17) is 10.5 Å². The first kappa shape index (κ1) is 15.0. The van der Waals surface area contributed by atoms with Crippen LogP contribution >= 0.6 is 0 Å². The zero-order valence-electron chi connectivity index (χ0n) is 11.6. The molecule has 0 fully saturated rings. The Hall–Kier alpha value is -1.06. The smallest absolute Gasteiger partial charge is 0.119 e. The van der Waals surface area contributed by atoms with Gasteiger partial charge in [-0.05, 0) is 30.0 Å². The van der Waals surface area contributed by atoms with Gasteiger partial charge in [0.15, 0.2) is 0 Å². The van der Waals surface area contributed by atoms with Gasteiger partial charge in [0.25, 0.3) is 0 Å². The maximum Gasteiger partial charge on any atom is 0.119 e. The number of aliphatic hydroxyl groups is 1. The number of benzene rings is 1. The molecule has 2 atom stereocenters. The van der Waals surface area contributed by atoms with Crippen molar-refractivity contribution in [3.05, 3.63) is 29.8 Å². The molecule has 0 aliphatic heterocycles. The third-order valence-electron chi connectivity index (χ3n) is 3.03. The van der Waals surface area contributed by atoms with Crippen LogP contribution in [0.15, 0.2) is 24.3 Å². The van der Waals surface area contributed by atoms with E-state index in [1.54, 1.807) is 0 Å². The van der Waals surface area contributed by atoms with Crippen LogP contribution in [-0.2, 0) is 0 Å². The first-order valence-corrected chi connectivity index (χ1v) is 6.69. The van der Waals surface area contributed by atoms with Crippen molar-refractivity contribution in [1.29, 1.82) is 0 Å². The van der Waals surface area contributed by atoms with Crippen molar-refractivity contribution in [3.63, 3.8) is 0 Å². The Kier molecular flexibility index (Phi) is 6.16. The average Bonchev–Trinajstić information content (AvgIpc) is 2.38. The summed E-state index contributed by atoms with van der Waals surface area (Å²) in [6.07, 6.45) is 0.338. The molecule has 0 aromatic heterocycles. The van der Waals surface area contributed by atoms with Crippen molar-refractivity contribution in [2.24, 2.45) is 11.7 Å². The summed E-state index contributed by atoms with van der Waals surface area (Å²) in [5.74, 6) is 1.40. The molecule has 3 N–H and O–H groups in total. The average molecular weight is 251 g/mol. The largest absolute Gasteiger partial charge is 0.493 e. The minimum atomic E-state index is -0.377. The Balaban J connectivity index is 2.68. The fourth-order valence-corrected chi connectivity index (χ4v) is 1.87. The van der Waals surface area contributed by atoms with E-state index in [-0.39, 0.29) is 12.0 Å². The molecule has 3 heteroatoms. The predicted molar refractivity (Wildman–Crippen MR) is 74.9 cm³/mol. The van der Waals surface area contributed by atoms with E-state index in [9.17, 15) is 5.11 Å². The Labute approximate surface area is 110 Å². The van der Waals surface area contributed by atoms with Crippen LogP contribution in [0, 0.1) is 5.92 Å². The normalized spacial score (nSPS) is 14.6. The first-order valence-electron chi connectivity index (χ1n) is 6.69. The van der Waals surface area contributed by atoms with Crippen LogP contribution < -0.4 is 10.5 Å². The number of hydrogen-bond donors (Lipinski definition) is 2. The van der Waals surface area contributed by atoms with Crippen LogP contribution in [0.4, 0.5) is 0 Å². The highest BCUT2D eigenvalue weighted by Crippen LogP contribution is 2.23. The Morgan fingerprint density at radius 2 is 1.83 bits per heavy atom. The number of aliphatic hydroxyl groups excluding tert-OH is 1. The van der Waals surface area contributed by atoms with Crippen LogP contribution in [0.25, 0.3) is 0 Å². The molecule has 0 radical (unpaired) electrons. The maximum atomic E-state index is 9.91. The van der Waals surface area contributed by atoms with Gasteiger partial charge >= 0.3 is 0 Å². The van der Waals surface area contributed by atoms with Crippen molar-refractivity contribution in [1.82, 2.24) is 0 Å². The highest BCUT2D eigenvalue weighted by Gasteiger charge is 2.17. The monoisotopic (exact) mass is 251 g/mol. The molecule has 1 aromatic carbocycles. The molecular formula is C15H25NO2. The second kappa shape index (κ2) is 7.39. The van der Waals surface area contributed by atoms with Crippen molar-refractivity contribution in [3.8, 4) is 5.75 Å². The maximum absolute atomic E-state index is 9.91. The molecule has 18 heavy (non-hydrogen) atoms. The molecule has 3 nitrogen and oxygen atoms in total. The van der Waals surface area contributed by atoms with Crippen molar-refractivity contribution in [2.75, 3.05) is 13.2 Å². The molecular weight excluding hydrogens is 226 g/mol. The van der Waals surface area contributed by atoms with E-state index in [0.29, 0.717) is 18.9 Å². The predicted octanol–water partition coefficient (Wildman–Crippen LogP) is 2.53. The van der Waals surface area contributed by atoms with Gasteiger partial charge in [-0.25, -0.2) is 0 Å². The summed E-state index contributed by atoms with van der Waals surface area (Å²) >= 11 is 0. The van der Waals surface area contributed by atoms with Crippen molar-refractivity contribution >= 4 is 0 Å². The summed E-state index contributed by atoms with van der Waals surface area (Å²) < 4.78 is 5.63. The molecule has 0 saturated carbocycles. The van der Waals surface area contributed by atoms with Gasteiger partial charge in [-0.2, -0.15) is 0 Å². The molecule has 0 spiro atoms. The highest BCUT2D eigenvalue weighted by atomic mass is 16.5. The lowest BCUT2D eigenvalue weighted by atomic mass is 9.92. The van der Waals surface area contributed by atoms with E-state index in [1.165, 1.54) is 0 Å². The third-order valence-corrected chi connectivity index (χ3v) is 3.03. The number of nitrogens with two attached hydrogens (primary N) is 1. The second-order valence-corrected chi connectivity index (χ2v) is 5.09. The van der Waals surface area contributed by atoms with Gasteiger partial charge in [-0.1, -0.05) is 32.9 Å². The van der Waals surface area contributed by atoms with Crippen LogP contribution in [0.1, 0.15) is 38.7 Å². The van der Waals surface area contributed by atoms with E-state index in [0.717, 1.165) is 17.9 Å². The Morgan fingerprint density at radius 1 is 1.22 bits per heavy atom. The van der Waals surface area contributed by atoms with E-state index >= 15 is 0 Å². The number of rotatable bonds is 7. The molecule has 0 aliphatic rings.